The van der Waals surface area contributed by atoms with Crippen LogP contribution in [0.2, 0.25) is 0 Å². The summed E-state index contributed by atoms with van der Waals surface area (Å²) in [5.41, 5.74) is 3.03. The number of fused-ring (bicyclic) bond motifs is 1. The molecule has 2 fully saturated rings. The third-order valence-corrected chi connectivity index (χ3v) is 7.74. The van der Waals surface area contributed by atoms with E-state index in [-0.39, 0.29) is 29.6 Å². The molecule has 2 aromatic rings. The molecule has 0 N–H and O–H groups in total. The lowest BCUT2D eigenvalue weighted by Crippen LogP contribution is -2.52. The zero-order valence-corrected chi connectivity index (χ0v) is 21.6. The van der Waals surface area contributed by atoms with Crippen LogP contribution < -0.4 is 4.74 Å². The number of ether oxygens (including phenoxy) is 1. The number of carbonyl (C=O) groups excluding carboxylic acids is 2. The number of rotatable bonds is 8. The van der Waals surface area contributed by atoms with Gasteiger partial charge < -0.3 is 14.5 Å². The molecule has 2 aromatic carbocycles. The van der Waals surface area contributed by atoms with Crippen molar-refractivity contribution < 1.29 is 18.7 Å². The predicted molar refractivity (Wildman–Crippen MR) is 141 cm³/mol. The molecule has 6 nitrogen and oxygen atoms in total. The number of amides is 2. The van der Waals surface area contributed by atoms with Crippen LogP contribution in [0.4, 0.5) is 4.39 Å². The Morgan fingerprint density at radius 1 is 1.08 bits per heavy atom. The lowest BCUT2D eigenvalue weighted by atomic mass is 9.87. The van der Waals surface area contributed by atoms with Gasteiger partial charge in [0.1, 0.15) is 11.6 Å². The number of piperazine rings is 1. The van der Waals surface area contributed by atoms with Gasteiger partial charge in [0.05, 0.1) is 6.04 Å². The van der Waals surface area contributed by atoms with Crippen molar-refractivity contribution in [3.63, 3.8) is 0 Å². The molecule has 2 aliphatic heterocycles. The van der Waals surface area contributed by atoms with Crippen LogP contribution in [0.3, 0.4) is 0 Å². The lowest BCUT2D eigenvalue weighted by molar-refractivity contribution is -0.140. The van der Waals surface area contributed by atoms with Crippen molar-refractivity contribution in [3.8, 4) is 5.75 Å². The molecular formula is C30H36FN3O3. The molecule has 2 atom stereocenters. The van der Waals surface area contributed by atoms with E-state index in [4.69, 9.17) is 4.74 Å². The zero-order chi connectivity index (χ0) is 25.9. The van der Waals surface area contributed by atoms with Crippen LogP contribution in [0, 0.1) is 11.7 Å². The summed E-state index contributed by atoms with van der Waals surface area (Å²) in [6, 6.07) is 12.1. The molecule has 7 heteroatoms. The van der Waals surface area contributed by atoms with Gasteiger partial charge in [0.25, 0.3) is 5.91 Å². The molecule has 0 spiro atoms. The molecule has 2 unspecified atom stereocenters. The average Bonchev–Trinajstić information content (AvgIpc) is 3.77. The highest BCUT2D eigenvalue weighted by atomic mass is 19.1. The van der Waals surface area contributed by atoms with Crippen LogP contribution in [0.15, 0.2) is 55.1 Å². The standard InChI is InChI=1S/C30H36FN3O3/c1-3-14-32-16-18-33(19-17-32)30(36)27(4-2)37-25-12-9-21-13-15-34(29(35)23-5-6-23)28(26(21)20-25)22-7-10-24(31)11-8-22/h3,7-12,20,23,27-28H,1,4-6,13-19H2,2H3. The van der Waals surface area contributed by atoms with E-state index in [1.165, 1.54) is 12.1 Å². The Morgan fingerprint density at radius 2 is 1.81 bits per heavy atom. The van der Waals surface area contributed by atoms with Gasteiger partial charge in [-0.3, -0.25) is 14.5 Å². The fourth-order valence-corrected chi connectivity index (χ4v) is 5.48. The largest absolute Gasteiger partial charge is 0.481 e. The summed E-state index contributed by atoms with van der Waals surface area (Å²) in [5.74, 6) is 0.601. The minimum absolute atomic E-state index is 0.0131. The number of hydrogen-bond donors (Lipinski definition) is 0. The fourth-order valence-electron chi connectivity index (χ4n) is 5.48. The Hall–Kier alpha value is -3.19. The van der Waals surface area contributed by atoms with Crippen molar-refractivity contribution in [1.82, 2.24) is 14.7 Å². The molecule has 1 saturated carbocycles. The van der Waals surface area contributed by atoms with Gasteiger partial charge in [-0.25, -0.2) is 4.39 Å². The van der Waals surface area contributed by atoms with E-state index in [9.17, 15) is 14.0 Å². The zero-order valence-electron chi connectivity index (χ0n) is 21.6. The van der Waals surface area contributed by atoms with Crippen LogP contribution in [-0.4, -0.2) is 71.9 Å². The first-order valence-corrected chi connectivity index (χ1v) is 13.5. The van der Waals surface area contributed by atoms with Crippen molar-refractivity contribution in [2.75, 3.05) is 39.3 Å². The van der Waals surface area contributed by atoms with E-state index in [0.29, 0.717) is 31.8 Å². The second kappa shape index (κ2) is 11.1. The summed E-state index contributed by atoms with van der Waals surface area (Å²) < 4.78 is 20.0. The highest BCUT2D eigenvalue weighted by molar-refractivity contribution is 5.83. The molecule has 1 saturated heterocycles. The minimum Gasteiger partial charge on any atom is -0.481 e. The molecule has 0 bridgehead atoms. The van der Waals surface area contributed by atoms with Gasteiger partial charge in [0, 0.05) is 45.2 Å². The molecule has 2 heterocycles. The Labute approximate surface area is 218 Å². The first-order chi connectivity index (χ1) is 18.0. The molecule has 37 heavy (non-hydrogen) atoms. The van der Waals surface area contributed by atoms with E-state index in [1.54, 1.807) is 12.1 Å². The number of hydrogen-bond acceptors (Lipinski definition) is 4. The second-order valence-corrected chi connectivity index (χ2v) is 10.3. The van der Waals surface area contributed by atoms with Crippen molar-refractivity contribution >= 4 is 11.8 Å². The monoisotopic (exact) mass is 505 g/mol. The highest BCUT2D eigenvalue weighted by Gasteiger charge is 2.40. The van der Waals surface area contributed by atoms with E-state index in [0.717, 1.165) is 55.6 Å². The number of halogens is 1. The van der Waals surface area contributed by atoms with Gasteiger partial charge in [0.2, 0.25) is 5.91 Å². The smallest absolute Gasteiger partial charge is 0.263 e. The maximum Gasteiger partial charge on any atom is 0.263 e. The van der Waals surface area contributed by atoms with Gasteiger partial charge in [-0.1, -0.05) is 31.2 Å². The van der Waals surface area contributed by atoms with Gasteiger partial charge in [-0.2, -0.15) is 0 Å². The lowest BCUT2D eigenvalue weighted by Gasteiger charge is -2.38. The topological polar surface area (TPSA) is 53.1 Å². The Kier molecular flexibility index (Phi) is 7.60. The van der Waals surface area contributed by atoms with Gasteiger partial charge in [0.15, 0.2) is 6.10 Å². The molecule has 0 aromatic heterocycles. The van der Waals surface area contributed by atoms with Crippen molar-refractivity contribution in [3.05, 3.63) is 77.6 Å². The van der Waals surface area contributed by atoms with E-state index in [2.05, 4.69) is 11.5 Å². The summed E-state index contributed by atoms with van der Waals surface area (Å²) in [6.45, 7) is 10.3. The molecule has 0 radical (unpaired) electrons. The van der Waals surface area contributed by atoms with Crippen molar-refractivity contribution in [2.45, 2.75) is 44.8 Å². The van der Waals surface area contributed by atoms with Crippen LogP contribution in [0.5, 0.6) is 5.75 Å². The Morgan fingerprint density at radius 3 is 2.46 bits per heavy atom. The van der Waals surface area contributed by atoms with Crippen LogP contribution in [0.1, 0.15) is 48.9 Å². The van der Waals surface area contributed by atoms with E-state index in [1.807, 2.05) is 41.0 Å². The maximum absolute atomic E-state index is 13.7. The quantitative estimate of drug-likeness (QED) is 0.505. The van der Waals surface area contributed by atoms with Crippen molar-refractivity contribution in [1.29, 1.82) is 0 Å². The SMILES string of the molecule is C=CCN1CCN(C(=O)C(CC)Oc2ccc3c(c2)C(c2ccc(F)cc2)N(C(=O)C2CC2)CC3)CC1. The predicted octanol–water partition coefficient (Wildman–Crippen LogP) is 4.20. The highest BCUT2D eigenvalue weighted by Crippen LogP contribution is 2.41. The third-order valence-electron chi connectivity index (χ3n) is 7.74. The molecule has 3 aliphatic rings. The summed E-state index contributed by atoms with van der Waals surface area (Å²) in [6.07, 6.45) is 4.52. The summed E-state index contributed by atoms with van der Waals surface area (Å²) in [5, 5.41) is 0. The molecule has 2 amide bonds. The van der Waals surface area contributed by atoms with Gasteiger partial charge in [-0.05, 0) is 66.6 Å². The third kappa shape index (κ3) is 5.57. The fraction of sp³-hybridized carbons (Fsp3) is 0.467. The minimum atomic E-state index is -0.568. The Balaban J connectivity index is 1.38. The molecule has 1 aliphatic carbocycles. The van der Waals surface area contributed by atoms with E-state index < -0.39 is 6.10 Å². The van der Waals surface area contributed by atoms with Gasteiger partial charge >= 0.3 is 0 Å². The molecular weight excluding hydrogens is 469 g/mol. The second-order valence-electron chi connectivity index (χ2n) is 10.3. The molecule has 5 rings (SSSR count). The number of nitrogens with zero attached hydrogens (tertiary/aromatic N) is 3. The maximum atomic E-state index is 13.7. The average molecular weight is 506 g/mol. The first-order valence-electron chi connectivity index (χ1n) is 13.5. The van der Waals surface area contributed by atoms with Crippen LogP contribution in [-0.2, 0) is 16.0 Å². The number of carbonyl (C=O) groups is 2. The van der Waals surface area contributed by atoms with Gasteiger partial charge in [-0.15, -0.1) is 6.58 Å². The normalized spacial score (nSPS) is 20.8. The van der Waals surface area contributed by atoms with Crippen LogP contribution in [0.25, 0.3) is 0 Å². The summed E-state index contributed by atoms with van der Waals surface area (Å²) >= 11 is 0. The number of benzene rings is 2. The Bertz CT molecular complexity index is 1140. The summed E-state index contributed by atoms with van der Waals surface area (Å²) in [7, 11) is 0. The van der Waals surface area contributed by atoms with Crippen LogP contribution >= 0.6 is 0 Å². The van der Waals surface area contributed by atoms with Crippen molar-refractivity contribution in [2.24, 2.45) is 5.92 Å². The summed E-state index contributed by atoms with van der Waals surface area (Å²) in [4.78, 5) is 32.6. The van der Waals surface area contributed by atoms with E-state index >= 15 is 0 Å². The first kappa shape index (κ1) is 25.5. The molecule has 196 valence electrons.